The Balaban J connectivity index is 0.980. The van der Waals surface area contributed by atoms with E-state index in [4.69, 9.17) is 4.42 Å². The summed E-state index contributed by atoms with van der Waals surface area (Å²) in [5.74, 6) is 0. The van der Waals surface area contributed by atoms with Gasteiger partial charge in [-0.2, -0.15) is 0 Å². The summed E-state index contributed by atoms with van der Waals surface area (Å²) >= 11 is 0. The van der Waals surface area contributed by atoms with Crippen molar-refractivity contribution in [2.75, 3.05) is 4.90 Å². The third-order valence-corrected chi connectivity index (χ3v) is 13.4. The van der Waals surface area contributed by atoms with Crippen LogP contribution in [0.3, 0.4) is 0 Å². The highest BCUT2D eigenvalue weighted by molar-refractivity contribution is 6.22. The zero-order valence-corrected chi connectivity index (χ0v) is 36.0. The minimum absolute atomic E-state index is 0.874. The van der Waals surface area contributed by atoms with Crippen LogP contribution in [0.1, 0.15) is 0 Å². The zero-order chi connectivity index (χ0) is 43.6. The molecule has 0 spiro atoms. The van der Waals surface area contributed by atoms with Gasteiger partial charge in [-0.05, 0) is 137 Å². The second-order valence-electron chi connectivity index (χ2n) is 17.2. The highest BCUT2D eigenvalue weighted by atomic mass is 16.3. The average molecular weight is 840 g/mol. The quantitative estimate of drug-likeness (QED) is 0.149. The lowest BCUT2D eigenvalue weighted by Gasteiger charge is -2.26. The number of hydrogen-bond donors (Lipinski definition) is 0. The number of furan rings is 1. The first kappa shape index (κ1) is 37.8. The van der Waals surface area contributed by atoms with Crippen molar-refractivity contribution in [1.82, 2.24) is 0 Å². The molecular formula is C64H41NO. The van der Waals surface area contributed by atoms with Crippen molar-refractivity contribution in [2.24, 2.45) is 0 Å². The molecule has 0 fully saturated rings. The molecule has 0 saturated carbocycles. The Morgan fingerprint density at radius 1 is 0.258 bits per heavy atom. The SMILES string of the molecule is c1ccc(-c2c(-c3ccccc3)c3cc(-c4ccc(N(c5cccc(-c6cccc7ccccc67)c5)c5ccc6oc7c8ccccc8ccc7c6c5)cc4)ccc3c3ccccc23)cc1. The Bertz CT molecular complexity index is 3970. The first-order valence-electron chi connectivity index (χ1n) is 22.7. The Morgan fingerprint density at radius 3 is 1.58 bits per heavy atom. The number of anilines is 3. The number of nitrogens with zero attached hydrogens (tertiary/aromatic N) is 1. The van der Waals surface area contributed by atoms with Crippen molar-refractivity contribution in [3.8, 4) is 44.5 Å². The van der Waals surface area contributed by atoms with Crippen molar-refractivity contribution < 1.29 is 4.42 Å². The summed E-state index contributed by atoms with van der Waals surface area (Å²) in [5.41, 5.74) is 14.6. The van der Waals surface area contributed by atoms with Gasteiger partial charge >= 0.3 is 0 Å². The minimum Gasteiger partial charge on any atom is -0.455 e. The van der Waals surface area contributed by atoms with Gasteiger partial charge in [-0.25, -0.2) is 0 Å². The van der Waals surface area contributed by atoms with Gasteiger partial charge in [0, 0.05) is 33.2 Å². The number of benzene rings is 12. The number of fused-ring (bicyclic) bond motifs is 9. The molecule has 1 aromatic heterocycles. The predicted octanol–water partition coefficient (Wildman–Crippen LogP) is 18.3. The molecule has 0 saturated heterocycles. The van der Waals surface area contributed by atoms with E-state index in [9.17, 15) is 0 Å². The van der Waals surface area contributed by atoms with Gasteiger partial charge < -0.3 is 9.32 Å². The van der Waals surface area contributed by atoms with Gasteiger partial charge in [-0.3, -0.25) is 0 Å². The summed E-state index contributed by atoms with van der Waals surface area (Å²) in [6, 6.07) is 90.3. The first-order chi connectivity index (χ1) is 32.7. The van der Waals surface area contributed by atoms with E-state index in [1.54, 1.807) is 0 Å². The third-order valence-electron chi connectivity index (χ3n) is 13.4. The Morgan fingerprint density at radius 2 is 0.803 bits per heavy atom. The second kappa shape index (κ2) is 15.5. The van der Waals surface area contributed by atoms with Crippen LogP contribution in [0.4, 0.5) is 17.1 Å². The Kier molecular flexibility index (Phi) is 8.89. The van der Waals surface area contributed by atoms with E-state index in [2.05, 4.69) is 254 Å². The van der Waals surface area contributed by atoms with E-state index >= 15 is 0 Å². The molecule has 0 radical (unpaired) electrons. The monoisotopic (exact) mass is 839 g/mol. The van der Waals surface area contributed by atoms with Crippen molar-refractivity contribution >= 4 is 82.1 Å². The molecule has 0 N–H and O–H groups in total. The predicted molar refractivity (Wildman–Crippen MR) is 280 cm³/mol. The molecule has 0 aliphatic rings. The van der Waals surface area contributed by atoms with Crippen molar-refractivity contribution in [3.63, 3.8) is 0 Å². The third kappa shape index (κ3) is 6.26. The fourth-order valence-corrected chi connectivity index (χ4v) is 10.4. The van der Waals surface area contributed by atoms with Gasteiger partial charge in [-0.15, -0.1) is 0 Å². The van der Waals surface area contributed by atoms with Gasteiger partial charge in [0.05, 0.1) is 0 Å². The minimum atomic E-state index is 0.874. The summed E-state index contributed by atoms with van der Waals surface area (Å²) in [4.78, 5) is 2.38. The molecule has 2 heteroatoms. The smallest absolute Gasteiger partial charge is 0.143 e. The molecule has 308 valence electrons. The second-order valence-corrected chi connectivity index (χ2v) is 17.2. The summed E-state index contributed by atoms with van der Waals surface area (Å²) < 4.78 is 6.60. The highest BCUT2D eigenvalue weighted by Gasteiger charge is 2.20. The van der Waals surface area contributed by atoms with Crippen LogP contribution < -0.4 is 4.90 Å². The molecule has 0 amide bonds. The van der Waals surface area contributed by atoms with Crippen LogP contribution in [-0.2, 0) is 0 Å². The lowest BCUT2D eigenvalue weighted by molar-refractivity contribution is 0.672. The molecule has 1 heterocycles. The lowest BCUT2D eigenvalue weighted by atomic mass is 9.84. The fraction of sp³-hybridized carbons (Fsp3) is 0. The van der Waals surface area contributed by atoms with E-state index in [0.29, 0.717) is 0 Å². The number of hydrogen-bond acceptors (Lipinski definition) is 2. The summed E-state index contributed by atoms with van der Waals surface area (Å²) in [7, 11) is 0. The molecule has 0 bridgehead atoms. The number of rotatable bonds is 7. The van der Waals surface area contributed by atoms with Crippen LogP contribution in [0.5, 0.6) is 0 Å². The first-order valence-corrected chi connectivity index (χ1v) is 22.7. The molecule has 0 unspecified atom stereocenters. The van der Waals surface area contributed by atoms with E-state index in [-0.39, 0.29) is 0 Å². The fourth-order valence-electron chi connectivity index (χ4n) is 10.4. The standard InChI is InChI=1S/C64H41NO/c1-3-17-45(18-4-1)62-57-27-12-11-26-55(57)56-36-32-47(40-60(56)63(62)46-19-5-2-6-20-46)42-29-33-49(34-30-42)65(50-23-13-22-48(39-50)53-28-14-21-43-15-7-9-24-52(43)53)51-35-38-61-59(41-51)58-37-31-44-16-8-10-25-54(44)64(58)66-61/h1-41H. The lowest BCUT2D eigenvalue weighted by Crippen LogP contribution is -2.10. The Labute approximate surface area is 382 Å². The van der Waals surface area contributed by atoms with E-state index in [1.165, 1.54) is 76.6 Å². The molecule has 0 aliphatic heterocycles. The largest absolute Gasteiger partial charge is 0.455 e. The molecule has 13 aromatic rings. The van der Waals surface area contributed by atoms with Gasteiger partial charge in [0.2, 0.25) is 0 Å². The normalized spacial score (nSPS) is 11.6. The van der Waals surface area contributed by atoms with Crippen LogP contribution in [0.2, 0.25) is 0 Å². The Hall–Kier alpha value is -8.72. The van der Waals surface area contributed by atoms with Crippen LogP contribution >= 0.6 is 0 Å². The van der Waals surface area contributed by atoms with Gasteiger partial charge in [-0.1, -0.05) is 194 Å². The molecule has 66 heavy (non-hydrogen) atoms. The van der Waals surface area contributed by atoms with Crippen molar-refractivity contribution in [1.29, 1.82) is 0 Å². The van der Waals surface area contributed by atoms with Gasteiger partial charge in [0.15, 0.2) is 0 Å². The highest BCUT2D eigenvalue weighted by Crippen LogP contribution is 2.47. The van der Waals surface area contributed by atoms with Gasteiger partial charge in [0.1, 0.15) is 11.2 Å². The maximum Gasteiger partial charge on any atom is 0.143 e. The average Bonchev–Trinajstić information content (AvgIpc) is 3.77. The van der Waals surface area contributed by atoms with Crippen LogP contribution in [-0.4, -0.2) is 0 Å². The van der Waals surface area contributed by atoms with E-state index < -0.39 is 0 Å². The summed E-state index contributed by atoms with van der Waals surface area (Å²) in [5, 5.41) is 12.0. The maximum absolute atomic E-state index is 6.60. The van der Waals surface area contributed by atoms with E-state index in [0.717, 1.165) is 50.0 Å². The maximum atomic E-state index is 6.60. The molecule has 12 aromatic carbocycles. The van der Waals surface area contributed by atoms with E-state index in [1.807, 2.05) is 0 Å². The van der Waals surface area contributed by atoms with Crippen molar-refractivity contribution in [3.05, 3.63) is 249 Å². The molecule has 13 rings (SSSR count). The van der Waals surface area contributed by atoms with Crippen LogP contribution in [0.25, 0.3) is 110 Å². The van der Waals surface area contributed by atoms with Crippen molar-refractivity contribution in [2.45, 2.75) is 0 Å². The molecular weight excluding hydrogens is 799 g/mol. The molecule has 2 nitrogen and oxygen atoms in total. The van der Waals surface area contributed by atoms with Gasteiger partial charge in [0.25, 0.3) is 0 Å². The molecule has 0 aliphatic carbocycles. The summed E-state index contributed by atoms with van der Waals surface area (Å²) in [6.07, 6.45) is 0. The summed E-state index contributed by atoms with van der Waals surface area (Å²) in [6.45, 7) is 0. The van der Waals surface area contributed by atoms with Crippen LogP contribution in [0.15, 0.2) is 253 Å². The topological polar surface area (TPSA) is 16.4 Å². The molecule has 0 atom stereocenters. The van der Waals surface area contributed by atoms with Crippen LogP contribution in [0, 0.1) is 0 Å². The zero-order valence-electron chi connectivity index (χ0n) is 36.0.